The fraction of sp³-hybridized carbons (Fsp3) is 0.222. The number of thiol groups is 1. The van der Waals surface area contributed by atoms with Crippen molar-refractivity contribution in [3.63, 3.8) is 0 Å². The lowest BCUT2D eigenvalue weighted by molar-refractivity contribution is 0.0931. The molecule has 2 nitrogen and oxygen atoms in total. The monoisotopic (exact) mass is 180 g/mol. The predicted molar refractivity (Wildman–Crippen MR) is 48.1 cm³/mol. The summed E-state index contributed by atoms with van der Waals surface area (Å²) in [6.45, 7) is 0.476. The minimum absolute atomic E-state index is 0.146. The fourth-order valence-corrected chi connectivity index (χ4v) is 1.55. The average Bonchev–Trinajstić information content (AvgIpc) is 2.07. The Bertz CT molecular complexity index is 333. The van der Waals surface area contributed by atoms with E-state index < -0.39 is 0 Å². The van der Waals surface area contributed by atoms with Crippen LogP contribution in [0.1, 0.15) is 16.8 Å². The molecule has 3 heteroatoms. The number of fused-ring (bicyclic) bond motifs is 1. The zero-order valence-corrected chi connectivity index (χ0v) is 7.30. The van der Waals surface area contributed by atoms with Gasteiger partial charge >= 0.3 is 0 Å². The molecule has 1 heterocycles. The molecule has 0 atom stereocenters. The normalized spacial score (nSPS) is 15.2. The van der Waals surface area contributed by atoms with E-state index in [9.17, 15) is 4.79 Å². The van der Waals surface area contributed by atoms with Crippen LogP contribution in [0.5, 0.6) is 5.75 Å². The first-order chi connectivity index (χ1) is 5.79. The van der Waals surface area contributed by atoms with E-state index in [1.165, 1.54) is 0 Å². The van der Waals surface area contributed by atoms with Crippen LogP contribution in [0.2, 0.25) is 0 Å². The van der Waals surface area contributed by atoms with Gasteiger partial charge in [0, 0.05) is 11.3 Å². The smallest absolute Gasteiger partial charge is 0.170 e. The van der Waals surface area contributed by atoms with Crippen molar-refractivity contribution in [1.82, 2.24) is 0 Å². The summed E-state index contributed by atoms with van der Waals surface area (Å²) in [5.74, 6) is 0.782. The maximum absolute atomic E-state index is 11.3. The van der Waals surface area contributed by atoms with Gasteiger partial charge in [0.05, 0.1) is 12.2 Å². The van der Waals surface area contributed by atoms with Gasteiger partial charge in [0.15, 0.2) is 5.78 Å². The SMILES string of the molecule is O=C1CCOc2c(S)cccc21. The van der Waals surface area contributed by atoms with Crippen LogP contribution in [0.4, 0.5) is 0 Å². The van der Waals surface area contributed by atoms with Gasteiger partial charge in [-0.3, -0.25) is 4.79 Å². The van der Waals surface area contributed by atoms with Crippen molar-refractivity contribution in [2.45, 2.75) is 11.3 Å². The van der Waals surface area contributed by atoms with Crippen LogP contribution in [0.15, 0.2) is 23.1 Å². The van der Waals surface area contributed by atoms with Crippen LogP contribution in [0.3, 0.4) is 0 Å². The number of carbonyl (C=O) groups excluding carboxylic acids is 1. The molecule has 0 saturated carbocycles. The van der Waals surface area contributed by atoms with Crippen LogP contribution in [-0.2, 0) is 0 Å². The Morgan fingerprint density at radius 3 is 3.00 bits per heavy atom. The molecule has 1 aliphatic rings. The minimum atomic E-state index is 0.146. The molecule has 0 N–H and O–H groups in total. The molecule has 12 heavy (non-hydrogen) atoms. The quantitative estimate of drug-likeness (QED) is 0.617. The van der Waals surface area contributed by atoms with E-state index in [-0.39, 0.29) is 5.78 Å². The second-order valence-corrected chi connectivity index (χ2v) is 3.16. The molecule has 0 radical (unpaired) electrons. The van der Waals surface area contributed by atoms with Crippen molar-refractivity contribution < 1.29 is 9.53 Å². The molecule has 0 aliphatic carbocycles. The van der Waals surface area contributed by atoms with Gasteiger partial charge in [-0.15, -0.1) is 12.6 Å². The highest BCUT2D eigenvalue weighted by molar-refractivity contribution is 7.80. The number of ether oxygens (including phenoxy) is 1. The fourth-order valence-electron chi connectivity index (χ4n) is 1.28. The maximum Gasteiger partial charge on any atom is 0.170 e. The molecular formula is C9H8O2S. The summed E-state index contributed by atoms with van der Waals surface area (Å²) >= 11 is 4.20. The Morgan fingerprint density at radius 2 is 2.25 bits per heavy atom. The number of ketones is 1. The minimum Gasteiger partial charge on any atom is -0.491 e. The first-order valence-electron chi connectivity index (χ1n) is 3.77. The van der Waals surface area contributed by atoms with Gasteiger partial charge in [-0.2, -0.15) is 0 Å². The molecule has 62 valence electrons. The molecule has 0 unspecified atom stereocenters. The third-order valence-corrected chi connectivity index (χ3v) is 2.22. The summed E-state index contributed by atoms with van der Waals surface area (Å²) < 4.78 is 5.33. The highest BCUT2D eigenvalue weighted by Gasteiger charge is 2.19. The average molecular weight is 180 g/mol. The highest BCUT2D eigenvalue weighted by atomic mass is 32.1. The van der Waals surface area contributed by atoms with Crippen LogP contribution in [0.25, 0.3) is 0 Å². The number of carbonyl (C=O) groups is 1. The van der Waals surface area contributed by atoms with Crippen LogP contribution in [0, 0.1) is 0 Å². The van der Waals surface area contributed by atoms with Gasteiger partial charge in [-0.25, -0.2) is 0 Å². The lowest BCUT2D eigenvalue weighted by atomic mass is 10.1. The van der Waals surface area contributed by atoms with E-state index in [1.54, 1.807) is 6.07 Å². The number of rotatable bonds is 0. The predicted octanol–water partition coefficient (Wildman–Crippen LogP) is 1.94. The summed E-state index contributed by atoms with van der Waals surface area (Å²) in [6, 6.07) is 5.41. The Morgan fingerprint density at radius 1 is 1.42 bits per heavy atom. The molecule has 0 bridgehead atoms. The van der Waals surface area contributed by atoms with Crippen LogP contribution >= 0.6 is 12.6 Å². The number of hydrogen-bond acceptors (Lipinski definition) is 3. The Balaban J connectivity index is 2.59. The van der Waals surface area contributed by atoms with Crippen molar-refractivity contribution in [1.29, 1.82) is 0 Å². The van der Waals surface area contributed by atoms with Gasteiger partial charge < -0.3 is 4.74 Å². The summed E-state index contributed by atoms with van der Waals surface area (Å²) in [4.78, 5) is 12.1. The van der Waals surface area contributed by atoms with Crippen molar-refractivity contribution in [2.75, 3.05) is 6.61 Å². The van der Waals surface area contributed by atoms with E-state index in [2.05, 4.69) is 12.6 Å². The molecule has 1 aromatic rings. The second-order valence-electron chi connectivity index (χ2n) is 2.68. The first kappa shape index (κ1) is 7.68. The van der Waals surface area contributed by atoms with Gasteiger partial charge in [0.1, 0.15) is 5.75 Å². The van der Waals surface area contributed by atoms with Crippen molar-refractivity contribution in [3.05, 3.63) is 23.8 Å². The molecule has 0 saturated heterocycles. The topological polar surface area (TPSA) is 26.3 Å². The van der Waals surface area contributed by atoms with E-state index >= 15 is 0 Å². The molecule has 0 spiro atoms. The first-order valence-corrected chi connectivity index (χ1v) is 4.22. The van der Waals surface area contributed by atoms with Crippen molar-refractivity contribution in [3.8, 4) is 5.75 Å². The van der Waals surface area contributed by atoms with Crippen molar-refractivity contribution >= 4 is 18.4 Å². The molecule has 2 rings (SSSR count). The molecule has 1 aromatic carbocycles. The third kappa shape index (κ3) is 1.10. The Hall–Kier alpha value is -0.960. The number of hydrogen-bond donors (Lipinski definition) is 1. The lowest BCUT2D eigenvalue weighted by Crippen LogP contribution is -2.15. The summed E-state index contributed by atoms with van der Waals surface area (Å²) in [6.07, 6.45) is 0.476. The summed E-state index contributed by atoms with van der Waals surface area (Å²) in [5.41, 5.74) is 0.661. The molecule has 0 aromatic heterocycles. The Labute approximate surface area is 76.0 Å². The van der Waals surface area contributed by atoms with Gasteiger partial charge in [0.25, 0.3) is 0 Å². The van der Waals surface area contributed by atoms with E-state index in [0.29, 0.717) is 24.3 Å². The molecule has 0 amide bonds. The van der Waals surface area contributed by atoms with Crippen LogP contribution in [-0.4, -0.2) is 12.4 Å². The molecular weight excluding hydrogens is 172 g/mol. The molecule has 0 fully saturated rings. The third-order valence-electron chi connectivity index (χ3n) is 1.87. The van der Waals surface area contributed by atoms with Crippen LogP contribution < -0.4 is 4.74 Å². The number of benzene rings is 1. The standard InChI is InChI=1S/C9H8O2S/c10-7-4-5-11-9-6(7)2-1-3-8(9)12/h1-3,12H,4-5H2. The zero-order chi connectivity index (χ0) is 8.55. The summed E-state index contributed by atoms with van der Waals surface area (Å²) in [5, 5.41) is 0. The summed E-state index contributed by atoms with van der Waals surface area (Å²) in [7, 11) is 0. The zero-order valence-electron chi connectivity index (χ0n) is 6.41. The number of Topliss-reactive ketones (excluding diaryl/α,β-unsaturated/α-hetero) is 1. The van der Waals surface area contributed by atoms with Gasteiger partial charge in [0.2, 0.25) is 0 Å². The number of para-hydroxylation sites is 1. The van der Waals surface area contributed by atoms with E-state index in [0.717, 1.165) is 4.90 Å². The maximum atomic E-state index is 11.3. The van der Waals surface area contributed by atoms with E-state index in [4.69, 9.17) is 4.74 Å². The van der Waals surface area contributed by atoms with Crippen molar-refractivity contribution in [2.24, 2.45) is 0 Å². The lowest BCUT2D eigenvalue weighted by Gasteiger charge is -2.17. The Kier molecular flexibility index (Phi) is 1.81. The largest absolute Gasteiger partial charge is 0.491 e. The molecule has 1 aliphatic heterocycles. The second kappa shape index (κ2) is 2.83. The van der Waals surface area contributed by atoms with E-state index in [1.807, 2.05) is 12.1 Å². The van der Waals surface area contributed by atoms with Gasteiger partial charge in [-0.1, -0.05) is 6.07 Å². The highest BCUT2D eigenvalue weighted by Crippen LogP contribution is 2.30. The van der Waals surface area contributed by atoms with Gasteiger partial charge in [-0.05, 0) is 12.1 Å².